The van der Waals surface area contributed by atoms with Gasteiger partial charge in [-0.15, -0.1) is 0 Å². The minimum atomic E-state index is 0.132. The number of rotatable bonds is 3. The van der Waals surface area contributed by atoms with Gasteiger partial charge in [-0.1, -0.05) is 32.0 Å². The third-order valence-corrected chi connectivity index (χ3v) is 3.53. The van der Waals surface area contributed by atoms with Crippen LogP contribution in [-0.4, -0.2) is 13.7 Å². The van der Waals surface area contributed by atoms with E-state index in [2.05, 4.69) is 31.3 Å². The average Bonchev–Trinajstić information content (AvgIpc) is 2.16. The summed E-state index contributed by atoms with van der Waals surface area (Å²) >= 11 is 0. The number of ether oxygens (including phenoxy) is 1. The Balaban J connectivity index is 2.42. The van der Waals surface area contributed by atoms with E-state index in [4.69, 9.17) is 4.74 Å². The Labute approximate surface area is 91.6 Å². The Morgan fingerprint density at radius 2 is 2.00 bits per heavy atom. The first-order valence-corrected chi connectivity index (χ1v) is 5.59. The summed E-state index contributed by atoms with van der Waals surface area (Å²) in [6, 6.07) is 8.32. The fourth-order valence-corrected chi connectivity index (χ4v) is 2.44. The van der Waals surface area contributed by atoms with E-state index in [-0.39, 0.29) is 5.54 Å². The first kappa shape index (κ1) is 10.5. The van der Waals surface area contributed by atoms with Gasteiger partial charge >= 0.3 is 0 Å². The molecule has 1 saturated heterocycles. The summed E-state index contributed by atoms with van der Waals surface area (Å²) < 4.78 is 5.44. The molecular formula is C13H19NO. The maximum Gasteiger partial charge on any atom is 0.123 e. The predicted octanol–water partition coefficient (Wildman–Crippen LogP) is 2.54. The van der Waals surface area contributed by atoms with Crippen molar-refractivity contribution in [2.24, 2.45) is 5.92 Å². The highest BCUT2D eigenvalue weighted by Crippen LogP contribution is 2.42. The maximum absolute atomic E-state index is 5.44. The maximum atomic E-state index is 5.44. The van der Waals surface area contributed by atoms with Gasteiger partial charge in [0.25, 0.3) is 0 Å². The Morgan fingerprint density at radius 3 is 2.47 bits per heavy atom. The molecule has 1 aromatic rings. The van der Waals surface area contributed by atoms with Crippen LogP contribution in [-0.2, 0) is 5.54 Å². The van der Waals surface area contributed by atoms with Crippen LogP contribution in [0.25, 0.3) is 0 Å². The standard InChI is InChI=1S/C13H19NO/c1-10(2)13(8-9-14-13)11-6-4-5-7-12(11)15-3/h4-7,10,14H,8-9H2,1-3H3. The summed E-state index contributed by atoms with van der Waals surface area (Å²) in [6.07, 6.45) is 1.20. The van der Waals surface area contributed by atoms with Gasteiger partial charge in [-0.05, 0) is 24.9 Å². The van der Waals surface area contributed by atoms with Gasteiger partial charge in [0.1, 0.15) is 5.75 Å². The average molecular weight is 205 g/mol. The smallest absolute Gasteiger partial charge is 0.123 e. The first-order valence-electron chi connectivity index (χ1n) is 5.59. The highest BCUT2D eigenvalue weighted by molar-refractivity contribution is 5.41. The molecular weight excluding hydrogens is 186 g/mol. The third-order valence-electron chi connectivity index (χ3n) is 3.53. The molecule has 1 N–H and O–H groups in total. The molecule has 0 bridgehead atoms. The van der Waals surface area contributed by atoms with Crippen LogP contribution in [0, 0.1) is 5.92 Å². The Kier molecular flexibility index (Phi) is 2.70. The van der Waals surface area contributed by atoms with Gasteiger partial charge in [0.2, 0.25) is 0 Å². The molecule has 0 aliphatic carbocycles. The fourth-order valence-electron chi connectivity index (χ4n) is 2.44. The van der Waals surface area contributed by atoms with Crippen molar-refractivity contribution in [1.29, 1.82) is 0 Å². The molecule has 1 aliphatic rings. The molecule has 2 heteroatoms. The lowest BCUT2D eigenvalue weighted by atomic mass is 9.72. The highest BCUT2D eigenvalue weighted by atomic mass is 16.5. The fraction of sp³-hybridized carbons (Fsp3) is 0.538. The van der Waals surface area contributed by atoms with Gasteiger partial charge in [-0.3, -0.25) is 0 Å². The van der Waals surface area contributed by atoms with E-state index in [0.717, 1.165) is 12.3 Å². The van der Waals surface area contributed by atoms with E-state index in [1.54, 1.807) is 7.11 Å². The van der Waals surface area contributed by atoms with E-state index in [9.17, 15) is 0 Å². The van der Waals surface area contributed by atoms with E-state index in [0.29, 0.717) is 5.92 Å². The molecule has 1 aliphatic heterocycles. The molecule has 0 saturated carbocycles. The van der Waals surface area contributed by atoms with Crippen molar-refractivity contribution in [1.82, 2.24) is 5.32 Å². The lowest BCUT2D eigenvalue weighted by molar-refractivity contribution is 0.135. The van der Waals surface area contributed by atoms with E-state index in [1.165, 1.54) is 12.0 Å². The third kappa shape index (κ3) is 1.53. The van der Waals surface area contributed by atoms with Crippen molar-refractivity contribution >= 4 is 0 Å². The topological polar surface area (TPSA) is 21.3 Å². The number of hydrogen-bond donors (Lipinski definition) is 1. The van der Waals surface area contributed by atoms with Gasteiger partial charge < -0.3 is 10.1 Å². The molecule has 2 rings (SSSR count). The normalized spacial score (nSPS) is 25.1. The zero-order chi connectivity index (χ0) is 10.9. The number of benzene rings is 1. The number of para-hydroxylation sites is 1. The van der Waals surface area contributed by atoms with Crippen LogP contribution in [0.5, 0.6) is 5.75 Å². The van der Waals surface area contributed by atoms with Gasteiger partial charge in [-0.2, -0.15) is 0 Å². The summed E-state index contributed by atoms with van der Waals surface area (Å²) in [7, 11) is 1.74. The van der Waals surface area contributed by atoms with Crippen molar-refractivity contribution < 1.29 is 4.74 Å². The van der Waals surface area contributed by atoms with E-state index in [1.807, 2.05) is 12.1 Å². The van der Waals surface area contributed by atoms with Crippen LogP contribution in [0.2, 0.25) is 0 Å². The monoisotopic (exact) mass is 205 g/mol. The van der Waals surface area contributed by atoms with Gasteiger partial charge in [0.05, 0.1) is 12.6 Å². The molecule has 0 aromatic heterocycles. The van der Waals surface area contributed by atoms with Crippen molar-refractivity contribution in [2.45, 2.75) is 25.8 Å². The van der Waals surface area contributed by atoms with Crippen molar-refractivity contribution in [3.8, 4) is 5.75 Å². The molecule has 1 unspecified atom stereocenters. The van der Waals surface area contributed by atoms with Crippen LogP contribution in [0.4, 0.5) is 0 Å². The number of hydrogen-bond acceptors (Lipinski definition) is 2. The predicted molar refractivity (Wildman–Crippen MR) is 62.1 cm³/mol. The van der Waals surface area contributed by atoms with Gasteiger partial charge in [-0.25, -0.2) is 0 Å². The zero-order valence-electron chi connectivity index (χ0n) is 9.71. The summed E-state index contributed by atoms with van der Waals surface area (Å²) in [5, 5.41) is 3.57. The zero-order valence-corrected chi connectivity index (χ0v) is 9.71. The Bertz CT molecular complexity index is 342. The molecule has 1 atom stereocenters. The molecule has 0 radical (unpaired) electrons. The van der Waals surface area contributed by atoms with E-state index < -0.39 is 0 Å². The van der Waals surface area contributed by atoms with E-state index >= 15 is 0 Å². The lowest BCUT2D eigenvalue weighted by Crippen LogP contribution is -2.57. The molecule has 1 heterocycles. The molecule has 0 amide bonds. The highest BCUT2D eigenvalue weighted by Gasteiger charge is 2.42. The minimum absolute atomic E-state index is 0.132. The van der Waals surface area contributed by atoms with Gasteiger partial charge in [0, 0.05) is 5.56 Å². The quantitative estimate of drug-likeness (QED) is 0.818. The summed E-state index contributed by atoms with van der Waals surface area (Å²) in [4.78, 5) is 0. The second-order valence-corrected chi connectivity index (χ2v) is 4.50. The van der Waals surface area contributed by atoms with Crippen LogP contribution in [0.15, 0.2) is 24.3 Å². The molecule has 1 fully saturated rings. The molecule has 0 spiro atoms. The SMILES string of the molecule is COc1ccccc1C1(C(C)C)CCN1. The molecule has 2 nitrogen and oxygen atoms in total. The van der Waals surface area contributed by atoms with Crippen LogP contribution < -0.4 is 10.1 Å². The molecule has 1 aromatic carbocycles. The van der Waals surface area contributed by atoms with Crippen LogP contribution in [0.3, 0.4) is 0 Å². The van der Waals surface area contributed by atoms with Crippen LogP contribution >= 0.6 is 0 Å². The Morgan fingerprint density at radius 1 is 1.33 bits per heavy atom. The lowest BCUT2D eigenvalue weighted by Gasteiger charge is -2.47. The van der Waals surface area contributed by atoms with Crippen molar-refractivity contribution in [3.63, 3.8) is 0 Å². The summed E-state index contributed by atoms with van der Waals surface area (Å²) in [5.41, 5.74) is 1.43. The largest absolute Gasteiger partial charge is 0.496 e. The second-order valence-electron chi connectivity index (χ2n) is 4.50. The number of nitrogens with one attached hydrogen (secondary N) is 1. The summed E-state index contributed by atoms with van der Waals surface area (Å²) in [6.45, 7) is 5.63. The minimum Gasteiger partial charge on any atom is -0.496 e. The number of methoxy groups -OCH3 is 1. The van der Waals surface area contributed by atoms with Crippen molar-refractivity contribution in [3.05, 3.63) is 29.8 Å². The molecule has 82 valence electrons. The van der Waals surface area contributed by atoms with Crippen LogP contribution in [0.1, 0.15) is 25.8 Å². The first-order chi connectivity index (χ1) is 7.20. The summed E-state index contributed by atoms with van der Waals surface area (Å²) in [5.74, 6) is 1.58. The Hall–Kier alpha value is -1.02. The van der Waals surface area contributed by atoms with Crippen molar-refractivity contribution in [2.75, 3.05) is 13.7 Å². The van der Waals surface area contributed by atoms with Gasteiger partial charge in [0.15, 0.2) is 0 Å². The second kappa shape index (κ2) is 3.86. The molecule has 15 heavy (non-hydrogen) atoms.